The summed E-state index contributed by atoms with van der Waals surface area (Å²) in [7, 11) is -1.78. The molecule has 0 aliphatic heterocycles. The van der Waals surface area contributed by atoms with Gasteiger partial charge in [0.05, 0.1) is 36.0 Å². The Morgan fingerprint density at radius 3 is 2.12 bits per heavy atom. The molecule has 0 atom stereocenters. The van der Waals surface area contributed by atoms with Crippen molar-refractivity contribution in [1.82, 2.24) is 19.5 Å². The zero-order valence-corrected chi connectivity index (χ0v) is 43.0. The topological polar surface area (TPSA) is 56.7 Å². The van der Waals surface area contributed by atoms with Gasteiger partial charge in [-0.25, -0.2) is 4.98 Å². The number of pyridine rings is 2. The number of benzene rings is 5. The summed E-state index contributed by atoms with van der Waals surface area (Å²) in [5.74, 6) is 1.12. The number of para-hydroxylation sites is 2. The molecule has 0 bridgehead atoms. The molecule has 4 aromatic heterocycles. The third-order valence-electron chi connectivity index (χ3n) is 11.7. The molecule has 1 radical (unpaired) electrons. The van der Waals surface area contributed by atoms with Gasteiger partial charge in [-0.3, -0.25) is 4.98 Å². The third kappa shape index (κ3) is 9.71. The van der Waals surface area contributed by atoms with E-state index in [2.05, 4.69) is 120 Å². The van der Waals surface area contributed by atoms with Crippen LogP contribution < -0.4 is 5.19 Å². The van der Waals surface area contributed by atoms with Crippen LogP contribution in [0.15, 0.2) is 108 Å². The van der Waals surface area contributed by atoms with Crippen LogP contribution in [0.2, 0.25) is 19.6 Å². The van der Waals surface area contributed by atoms with Crippen LogP contribution in [0.5, 0.6) is 0 Å². The van der Waals surface area contributed by atoms with Gasteiger partial charge in [0.1, 0.15) is 0 Å². The van der Waals surface area contributed by atoms with Gasteiger partial charge in [0.15, 0.2) is 0 Å². The van der Waals surface area contributed by atoms with Gasteiger partial charge in [-0.05, 0) is 94.3 Å². The van der Waals surface area contributed by atoms with Crippen molar-refractivity contribution < 1.29 is 35.5 Å². The van der Waals surface area contributed by atoms with Crippen molar-refractivity contribution in [2.24, 2.45) is 5.92 Å². The molecule has 4 heterocycles. The minimum Gasteiger partial charge on any atom is -0.486 e. The molecule has 0 saturated heterocycles. The molecule has 9 aromatic rings. The van der Waals surface area contributed by atoms with Crippen LogP contribution in [0.1, 0.15) is 118 Å². The number of aromatic nitrogens is 4. The van der Waals surface area contributed by atoms with E-state index in [4.69, 9.17) is 25.4 Å². The van der Waals surface area contributed by atoms with Crippen LogP contribution in [0.4, 0.5) is 0 Å². The van der Waals surface area contributed by atoms with Crippen LogP contribution in [-0.2, 0) is 31.9 Å². The molecule has 5 nitrogen and oxygen atoms in total. The Morgan fingerprint density at radius 2 is 1.49 bits per heavy atom. The van der Waals surface area contributed by atoms with Crippen LogP contribution in [-0.4, -0.2) is 27.6 Å². The average Bonchev–Trinajstić information content (AvgIpc) is 3.87. The van der Waals surface area contributed by atoms with E-state index in [1.54, 1.807) is 36.5 Å². The van der Waals surface area contributed by atoms with Gasteiger partial charge in [-0.1, -0.05) is 147 Å². The van der Waals surface area contributed by atoms with Crippen molar-refractivity contribution in [3.63, 3.8) is 0 Å². The monoisotopic (exact) mass is 1060 g/mol. The maximum absolute atomic E-state index is 8.59. The fourth-order valence-corrected chi connectivity index (χ4v) is 9.79. The number of hydrogen-bond acceptors (Lipinski definition) is 4. The number of aryl methyl sites for hydroxylation is 2. The predicted octanol–water partition coefficient (Wildman–Crippen LogP) is 15.4. The van der Waals surface area contributed by atoms with E-state index >= 15 is 0 Å². The summed E-state index contributed by atoms with van der Waals surface area (Å²) in [6.07, 6.45) is 0.328. The van der Waals surface area contributed by atoms with Crippen LogP contribution >= 0.6 is 0 Å². The van der Waals surface area contributed by atoms with Crippen molar-refractivity contribution in [3.8, 4) is 28.3 Å². The molecular formula is C58H64IrN4OSi-2. The zero-order chi connectivity index (χ0) is 52.6. The first kappa shape index (κ1) is 38.0. The normalized spacial score (nSPS) is 14.6. The summed E-state index contributed by atoms with van der Waals surface area (Å²) in [5, 5.41) is 3.47. The van der Waals surface area contributed by atoms with E-state index in [-0.39, 0.29) is 54.4 Å². The number of rotatable bonds is 8. The van der Waals surface area contributed by atoms with Gasteiger partial charge >= 0.3 is 0 Å². The molecule has 0 fully saturated rings. The number of imidazole rings is 1. The van der Waals surface area contributed by atoms with Crippen molar-refractivity contribution in [2.45, 2.75) is 119 Å². The van der Waals surface area contributed by atoms with Gasteiger partial charge < -0.3 is 14.0 Å². The van der Waals surface area contributed by atoms with Crippen molar-refractivity contribution in [3.05, 3.63) is 149 Å². The summed E-state index contributed by atoms with van der Waals surface area (Å²) >= 11 is 0. The van der Waals surface area contributed by atoms with Crippen LogP contribution in [0, 0.1) is 31.8 Å². The summed E-state index contributed by atoms with van der Waals surface area (Å²) < 4.78 is 72.1. The van der Waals surface area contributed by atoms with Crippen LogP contribution in [0.3, 0.4) is 0 Å². The first-order valence-electron chi connectivity index (χ1n) is 26.3. The Morgan fingerprint density at radius 1 is 0.785 bits per heavy atom. The average molecular weight is 1060 g/mol. The fourth-order valence-electron chi connectivity index (χ4n) is 8.38. The molecular weight excluding hydrogens is 989 g/mol. The molecule has 9 rings (SSSR count). The Balaban J connectivity index is 0.000000247. The Bertz CT molecular complexity index is 3460. The molecule has 0 aliphatic rings. The standard InChI is InChI=1S/C39H38N3O.C19H26NSi.Ir/c1-22(2)29-20-26(39(6,7)8)21-30(23(3)4)35(29)42-34-15-10-9-14-33(34)40-37(42)28-13-11-12-27-31-19-25-18-24(5)16-17-32(25)41-38(31)43-36(27)28;1-14(2)11-17-12-18(16-9-7-15(3)8-10-16)20-13-19(17)21(4,5)6;/h9-12,14-23H,1-8H3;7-9,12-14H,11H2,1-6H3;/q2*-1;/i5D3;3D3,11D2;. The van der Waals surface area contributed by atoms with Crippen LogP contribution in [0.25, 0.3) is 72.3 Å². The maximum Gasteiger partial charge on any atom is 0.216 e. The van der Waals surface area contributed by atoms with Gasteiger partial charge in [0, 0.05) is 53.7 Å². The van der Waals surface area contributed by atoms with E-state index in [0.29, 0.717) is 33.6 Å². The molecule has 0 unspecified atom stereocenters. The summed E-state index contributed by atoms with van der Waals surface area (Å²) in [4.78, 5) is 14.6. The molecule has 0 N–H and O–H groups in total. The summed E-state index contributed by atoms with van der Waals surface area (Å²) in [5.41, 5.74) is 12.0. The Labute approximate surface area is 412 Å². The third-order valence-corrected chi connectivity index (χ3v) is 13.8. The quantitative estimate of drug-likeness (QED) is 0.112. The van der Waals surface area contributed by atoms with E-state index in [1.807, 2.05) is 44.2 Å². The zero-order valence-electron chi connectivity index (χ0n) is 47.6. The number of hydrogen-bond donors (Lipinski definition) is 0. The molecule has 0 aliphatic carbocycles. The molecule has 65 heavy (non-hydrogen) atoms. The number of furan rings is 1. The Kier molecular flexibility index (Phi) is 10.9. The van der Waals surface area contributed by atoms with Crippen molar-refractivity contribution >= 4 is 57.3 Å². The second-order valence-corrected chi connectivity index (χ2v) is 25.0. The van der Waals surface area contributed by atoms with Gasteiger partial charge in [-0.2, -0.15) is 0 Å². The van der Waals surface area contributed by atoms with Crippen molar-refractivity contribution in [1.29, 1.82) is 0 Å². The summed E-state index contributed by atoms with van der Waals surface area (Å²) in [6, 6.07) is 37.0. The molecule has 5 aromatic carbocycles. The van der Waals surface area contributed by atoms with E-state index in [0.717, 1.165) is 49.5 Å². The van der Waals surface area contributed by atoms with Gasteiger partial charge in [0.2, 0.25) is 5.71 Å². The maximum atomic E-state index is 8.59. The van der Waals surface area contributed by atoms with E-state index in [9.17, 15) is 0 Å². The van der Waals surface area contributed by atoms with Gasteiger partial charge in [0.25, 0.3) is 0 Å². The number of nitrogens with zero attached hydrogens (tertiary/aromatic N) is 4. The minimum atomic E-state index is -2.20. The molecule has 7 heteroatoms. The first-order chi connectivity index (χ1) is 33.5. The SMILES string of the molecule is [2H]C([2H])([2H])c1c[c-]c(-c2cc(C([2H])([2H])C(C)C)c([Si](C)(C)C)cn2)cc1.[2H]C([2H])([2H])c1ccc2nc3oc4c(-c5nc6ccccc6n5-c5c(C(C)C)cc(C(C)(C)C)cc5C(C)C)[c-]ccc4c3cc2c1.[Ir]. The van der Waals surface area contributed by atoms with Gasteiger partial charge in [-0.15, -0.1) is 53.6 Å². The summed E-state index contributed by atoms with van der Waals surface area (Å²) in [6.45, 7) is 21.8. The second kappa shape index (κ2) is 18.6. The van der Waals surface area contributed by atoms with E-state index in [1.165, 1.54) is 22.8 Å². The second-order valence-electron chi connectivity index (χ2n) is 19.9. The molecule has 337 valence electrons. The predicted molar refractivity (Wildman–Crippen MR) is 274 cm³/mol. The van der Waals surface area contributed by atoms with E-state index < -0.39 is 28.2 Å². The smallest absolute Gasteiger partial charge is 0.216 e. The molecule has 0 saturated carbocycles. The molecule has 0 amide bonds. The Hall–Kier alpha value is -5.20. The first-order valence-corrected chi connectivity index (χ1v) is 25.8. The minimum absolute atomic E-state index is 0. The number of fused-ring (bicyclic) bond motifs is 5. The largest absolute Gasteiger partial charge is 0.486 e. The molecule has 0 spiro atoms. The van der Waals surface area contributed by atoms with Crippen molar-refractivity contribution in [2.75, 3.05) is 0 Å². The fraction of sp³-hybridized carbons (Fsp3) is 0.328.